The van der Waals surface area contributed by atoms with Gasteiger partial charge in [0.2, 0.25) is 0 Å². The normalized spacial score (nSPS) is 27.2. The van der Waals surface area contributed by atoms with Crippen LogP contribution in [0.5, 0.6) is 0 Å². The van der Waals surface area contributed by atoms with Gasteiger partial charge < -0.3 is 14.9 Å². The zero-order valence-corrected chi connectivity index (χ0v) is 30.1. The van der Waals surface area contributed by atoms with Gasteiger partial charge in [-0.3, -0.25) is 14.6 Å². The largest absolute Gasteiger partial charge is 0.373 e. The molecule has 6 aliphatic heterocycles. The molecule has 6 fully saturated rings. The van der Waals surface area contributed by atoms with Crippen LogP contribution < -0.4 is 5.73 Å². The minimum atomic E-state index is 0. The van der Waals surface area contributed by atoms with E-state index in [1.54, 1.807) is 6.33 Å². The number of nitrogens with two attached hydrogens (primary N) is 1. The Bertz CT molecular complexity index is 1700. The van der Waals surface area contributed by atoms with Crippen LogP contribution in [0.1, 0.15) is 70.2 Å². The zero-order chi connectivity index (χ0) is 33.9. The number of nitrogens with zero attached hydrogens (tertiary/aromatic N) is 6. The summed E-state index contributed by atoms with van der Waals surface area (Å²) in [7, 11) is 3.97. The van der Waals surface area contributed by atoms with Crippen molar-refractivity contribution in [3.8, 4) is 0 Å². The van der Waals surface area contributed by atoms with Crippen molar-refractivity contribution in [2.45, 2.75) is 76.9 Å². The highest BCUT2D eigenvalue weighted by molar-refractivity contribution is 5.99. The summed E-state index contributed by atoms with van der Waals surface area (Å²) in [6.07, 6.45) is 9.68. The number of rotatable bonds is 3. The highest BCUT2D eigenvalue weighted by atomic mass is 35.5. The zero-order valence-electron chi connectivity index (χ0n) is 29.3. The van der Waals surface area contributed by atoms with Gasteiger partial charge in [-0.25, -0.2) is 9.97 Å². The molecule has 0 radical (unpaired) electrons. The number of benzene rings is 2. The van der Waals surface area contributed by atoms with E-state index in [2.05, 4.69) is 53.5 Å². The smallest absolute Gasteiger partial charge is 0.334 e. The second-order valence-corrected chi connectivity index (χ2v) is 14.7. The predicted octanol–water partition coefficient (Wildman–Crippen LogP) is 5.50. The molecule has 0 unspecified atom stereocenters. The second-order valence-electron chi connectivity index (χ2n) is 14.7. The molecule has 2 aromatic heterocycles. The average molecular weight is 678 g/mol. The van der Waals surface area contributed by atoms with Gasteiger partial charge in [-0.1, -0.05) is 12.1 Å². The summed E-state index contributed by atoms with van der Waals surface area (Å²) in [5.41, 5.74) is 11.6. The monoisotopic (exact) mass is 677 g/mol. The number of imidazole rings is 2. The molecule has 8 heterocycles. The molecule has 6 aliphatic rings. The fourth-order valence-corrected chi connectivity index (χ4v) is 8.44. The molecule has 48 heavy (non-hydrogen) atoms. The van der Waals surface area contributed by atoms with Crippen LogP contribution in [0, 0.1) is 17.8 Å². The summed E-state index contributed by atoms with van der Waals surface area (Å²) in [4.78, 5) is 42.8. The summed E-state index contributed by atoms with van der Waals surface area (Å²) < 4.78 is 4.00. The quantitative estimate of drug-likeness (QED) is 0.283. The summed E-state index contributed by atoms with van der Waals surface area (Å²) in [6, 6.07) is 14.4. The molecule has 2 atom stereocenters. The average Bonchev–Trinajstić information content (AvgIpc) is 3.64. The molecule has 6 saturated heterocycles. The van der Waals surface area contributed by atoms with E-state index in [9.17, 15) is 4.79 Å². The van der Waals surface area contributed by atoms with Gasteiger partial charge in [-0.05, 0) is 128 Å². The molecule has 4 aromatic rings. The third kappa shape index (κ3) is 7.58. The van der Waals surface area contributed by atoms with Gasteiger partial charge in [0.05, 0.1) is 34.7 Å². The molecule has 11 heteroatoms. The first-order valence-corrected chi connectivity index (χ1v) is 16.9. The fraction of sp³-hybridized carbons (Fsp3) is 0.568. The Labute approximate surface area is 290 Å². The van der Waals surface area contributed by atoms with Crippen LogP contribution in [0.4, 0.5) is 0 Å². The summed E-state index contributed by atoms with van der Waals surface area (Å²) in [5, 5.41) is 0. The highest BCUT2D eigenvalue weighted by Gasteiger charge is 2.48. The van der Waals surface area contributed by atoms with Gasteiger partial charge in [0, 0.05) is 43.2 Å². The first-order chi connectivity index (χ1) is 22.4. The Morgan fingerprint density at radius 1 is 0.792 bits per heavy atom. The summed E-state index contributed by atoms with van der Waals surface area (Å²) in [5.74, 6) is 2.24. The van der Waals surface area contributed by atoms with E-state index in [-0.39, 0.29) is 35.4 Å². The first kappa shape index (κ1) is 37.4. The lowest BCUT2D eigenvalue weighted by atomic mass is 9.65. The molecule has 0 aliphatic carbocycles. The lowest BCUT2D eigenvalue weighted by molar-refractivity contribution is -0.191. The lowest BCUT2D eigenvalue weighted by Gasteiger charge is -2.56. The molecule has 2 N–H and O–H groups in total. The number of hydrogen-bond acceptors (Lipinski definition) is 8. The van der Waals surface area contributed by atoms with E-state index in [1.165, 1.54) is 57.4 Å². The number of ketones is 1. The molecule has 2 aromatic carbocycles. The van der Waals surface area contributed by atoms with Crippen LogP contribution in [-0.4, -0.2) is 84.1 Å². The van der Waals surface area contributed by atoms with Crippen molar-refractivity contribution in [2.75, 3.05) is 26.2 Å². The maximum atomic E-state index is 12.9. The number of fused-ring (bicyclic) bond motifs is 8. The number of hydrogen-bond donors (Lipinski definition) is 1. The number of halogens is 1. The Morgan fingerprint density at radius 2 is 1.29 bits per heavy atom. The molecule has 0 spiro atoms. The van der Waals surface area contributed by atoms with Gasteiger partial charge >= 0.3 is 6.15 Å². The van der Waals surface area contributed by atoms with Crippen molar-refractivity contribution in [3.05, 3.63) is 60.7 Å². The predicted molar refractivity (Wildman–Crippen MR) is 191 cm³/mol. The first-order valence-electron chi connectivity index (χ1n) is 16.9. The van der Waals surface area contributed by atoms with Gasteiger partial charge in [0.25, 0.3) is 0 Å². The number of piperidine rings is 6. The van der Waals surface area contributed by atoms with Crippen LogP contribution in [0.25, 0.3) is 22.1 Å². The highest BCUT2D eigenvalue weighted by Crippen LogP contribution is 2.45. The van der Waals surface area contributed by atoms with Crippen molar-refractivity contribution in [2.24, 2.45) is 37.6 Å². The number of carbonyl (C=O) groups excluding carboxylic acids is 3. The molecular formula is C37H52ClN7O3. The summed E-state index contributed by atoms with van der Waals surface area (Å²) in [6.45, 7) is 14.1. The maximum Gasteiger partial charge on any atom is 0.373 e. The molecule has 0 saturated carbocycles. The van der Waals surface area contributed by atoms with E-state index in [0.29, 0.717) is 24.3 Å². The van der Waals surface area contributed by atoms with Crippen LogP contribution in [0.15, 0.2) is 55.1 Å². The number of para-hydroxylation sites is 2. The third-order valence-corrected chi connectivity index (χ3v) is 11.6. The van der Waals surface area contributed by atoms with Crippen molar-refractivity contribution in [3.63, 3.8) is 0 Å². The molecular weight excluding hydrogens is 626 g/mol. The fourth-order valence-electron chi connectivity index (χ4n) is 8.44. The van der Waals surface area contributed by atoms with Crippen LogP contribution in [0.3, 0.4) is 0 Å². The van der Waals surface area contributed by atoms with Crippen molar-refractivity contribution in [1.82, 2.24) is 28.9 Å². The maximum absolute atomic E-state index is 12.9. The number of aromatic nitrogens is 4. The Hall–Kier alpha value is -3.40. The number of Topliss-reactive ketones (excluding diaryl/α,β-unsaturated/α-hetero) is 1. The van der Waals surface area contributed by atoms with E-state index < -0.39 is 0 Å². The molecule has 10 nitrogen and oxygen atoms in total. The number of aryl methyl sites for hydroxylation is 2. The van der Waals surface area contributed by atoms with Crippen LogP contribution in [0.2, 0.25) is 0 Å². The molecule has 260 valence electrons. The Kier molecular flexibility index (Phi) is 12.0. The van der Waals surface area contributed by atoms with E-state index in [1.807, 2.05) is 66.0 Å². The van der Waals surface area contributed by atoms with Crippen molar-refractivity contribution < 1.29 is 14.4 Å². The lowest BCUT2D eigenvalue weighted by Crippen LogP contribution is -2.67. The van der Waals surface area contributed by atoms with Crippen molar-refractivity contribution in [1.29, 1.82) is 0 Å². The standard InChI is InChI=1S/C19H25N3O.C9H18N2.C8H8N2.CO2.ClH/c1-19(2)15(13-6-8-22(19)9-7-13)11-18(23)14-4-5-17-16(10-14)20-12-21(17)3;1-9(2)8(10)7-3-5-11(9)6-4-7;1-10-6-9-7-4-2-3-5-8(7)10;2-1-3;/h4-5,10,12-13,15H,6-9,11H2,1-3H3;7-8H,3-6,10H2,1-2H3;2-6H,1H3;;1H/t15-;8-;;;/m11.../s1. The topological polar surface area (TPSA) is 119 Å². The van der Waals surface area contributed by atoms with Gasteiger partial charge in [0.1, 0.15) is 0 Å². The Balaban J connectivity index is 0.000000173. The number of carbonyl (C=O) groups is 1. The minimum Gasteiger partial charge on any atom is -0.334 e. The summed E-state index contributed by atoms with van der Waals surface area (Å²) >= 11 is 0. The van der Waals surface area contributed by atoms with Crippen LogP contribution >= 0.6 is 12.4 Å². The molecule has 10 rings (SSSR count). The third-order valence-electron chi connectivity index (χ3n) is 11.6. The van der Waals surface area contributed by atoms with Gasteiger partial charge in [-0.2, -0.15) is 9.59 Å². The second kappa shape index (κ2) is 15.4. The molecule has 0 amide bonds. The van der Waals surface area contributed by atoms with Crippen molar-refractivity contribution >= 4 is 46.4 Å². The van der Waals surface area contributed by atoms with Gasteiger partial charge in [-0.15, -0.1) is 12.4 Å². The SMILES string of the molecule is CC1(C)[C@H](N)C2CCN1CC2.Cl.Cn1cnc2cc(C(=O)C[C@@H]3C4CCN(CC4)C3(C)C)ccc21.Cn1cnc2ccccc21.O=C=O. The Morgan fingerprint density at radius 3 is 1.79 bits per heavy atom. The van der Waals surface area contributed by atoms with Crippen LogP contribution in [-0.2, 0) is 23.7 Å². The van der Waals surface area contributed by atoms with Gasteiger partial charge in [0.15, 0.2) is 5.78 Å². The minimum absolute atomic E-state index is 0. The van der Waals surface area contributed by atoms with E-state index in [0.717, 1.165) is 28.0 Å². The van der Waals surface area contributed by atoms with E-state index >= 15 is 0 Å². The molecule has 4 bridgehead atoms. The van der Waals surface area contributed by atoms with E-state index in [4.69, 9.17) is 15.3 Å².